The van der Waals surface area contributed by atoms with Gasteiger partial charge < -0.3 is 10.1 Å². The van der Waals surface area contributed by atoms with Crippen LogP contribution in [0.4, 0.5) is 8.78 Å². The van der Waals surface area contributed by atoms with Crippen LogP contribution in [0.25, 0.3) is 0 Å². The van der Waals surface area contributed by atoms with Crippen molar-refractivity contribution in [3.8, 4) is 6.07 Å². The van der Waals surface area contributed by atoms with Crippen LogP contribution in [-0.2, 0) is 27.2 Å². The van der Waals surface area contributed by atoms with Crippen LogP contribution >= 0.6 is 0 Å². The largest absolute Gasteiger partial charge is 0.467 e. The summed E-state index contributed by atoms with van der Waals surface area (Å²) in [4.78, 5) is 24.2. The van der Waals surface area contributed by atoms with E-state index in [4.69, 9.17) is 10.00 Å². The molecule has 0 saturated carbocycles. The van der Waals surface area contributed by atoms with Gasteiger partial charge in [0.25, 0.3) is 0 Å². The standard InChI is InChI=1S/C19H16F2N2O3/c1-26-19(25)17(9-13-4-2-3-5-14(13)11-22)23-18(24)8-12-6-15(20)10-16(21)7-12/h2-7,10,17H,8-9H2,1H3,(H,23,24)/t17-/m1/s1. The minimum absolute atomic E-state index is 0.0552. The molecular weight excluding hydrogens is 342 g/mol. The number of amides is 1. The van der Waals surface area contributed by atoms with Crippen molar-refractivity contribution in [3.63, 3.8) is 0 Å². The summed E-state index contributed by atoms with van der Waals surface area (Å²) in [5.74, 6) is -2.86. The van der Waals surface area contributed by atoms with Crippen molar-refractivity contribution < 1.29 is 23.1 Å². The van der Waals surface area contributed by atoms with Crippen molar-refractivity contribution in [1.29, 1.82) is 5.26 Å². The van der Waals surface area contributed by atoms with E-state index in [9.17, 15) is 18.4 Å². The summed E-state index contributed by atoms with van der Waals surface area (Å²) in [6.07, 6.45) is -0.248. The predicted molar refractivity (Wildman–Crippen MR) is 88.9 cm³/mol. The molecule has 134 valence electrons. The second kappa shape index (κ2) is 8.72. The summed E-state index contributed by atoms with van der Waals surface area (Å²) in [6, 6.07) is 10.4. The van der Waals surface area contributed by atoms with E-state index in [2.05, 4.69) is 5.32 Å². The summed E-state index contributed by atoms with van der Waals surface area (Å²) < 4.78 is 31.1. The average molecular weight is 358 g/mol. The second-order valence-electron chi connectivity index (χ2n) is 5.57. The van der Waals surface area contributed by atoms with Gasteiger partial charge in [-0.25, -0.2) is 13.6 Å². The van der Waals surface area contributed by atoms with Gasteiger partial charge >= 0.3 is 5.97 Å². The van der Waals surface area contributed by atoms with Crippen molar-refractivity contribution in [1.82, 2.24) is 5.32 Å². The summed E-state index contributed by atoms with van der Waals surface area (Å²) in [5.41, 5.74) is 1.09. The average Bonchev–Trinajstić information content (AvgIpc) is 2.59. The smallest absolute Gasteiger partial charge is 0.328 e. The zero-order valence-electron chi connectivity index (χ0n) is 14.0. The third-order valence-corrected chi connectivity index (χ3v) is 3.67. The minimum atomic E-state index is -1.03. The number of carbonyl (C=O) groups is 2. The Morgan fingerprint density at radius 3 is 2.46 bits per heavy atom. The molecule has 0 aliphatic carbocycles. The highest BCUT2D eigenvalue weighted by molar-refractivity contribution is 5.85. The molecule has 2 aromatic rings. The third-order valence-electron chi connectivity index (χ3n) is 3.67. The van der Waals surface area contributed by atoms with Gasteiger partial charge in [-0.15, -0.1) is 0 Å². The Morgan fingerprint density at radius 2 is 1.85 bits per heavy atom. The SMILES string of the molecule is COC(=O)[C@@H](Cc1ccccc1C#N)NC(=O)Cc1cc(F)cc(F)c1. The Morgan fingerprint density at radius 1 is 1.19 bits per heavy atom. The maximum absolute atomic E-state index is 13.2. The number of carbonyl (C=O) groups excluding carboxylic acids is 2. The van der Waals surface area contributed by atoms with Crippen LogP contribution in [0.1, 0.15) is 16.7 Å². The molecular formula is C19H16F2N2O3. The molecule has 0 aromatic heterocycles. The number of rotatable bonds is 6. The van der Waals surface area contributed by atoms with Gasteiger partial charge in [0.1, 0.15) is 17.7 Å². The van der Waals surface area contributed by atoms with E-state index in [1.807, 2.05) is 6.07 Å². The highest BCUT2D eigenvalue weighted by atomic mass is 19.1. The monoisotopic (exact) mass is 358 g/mol. The van der Waals surface area contributed by atoms with Gasteiger partial charge in [0.2, 0.25) is 5.91 Å². The zero-order chi connectivity index (χ0) is 19.1. The van der Waals surface area contributed by atoms with Crippen LogP contribution in [0.2, 0.25) is 0 Å². The number of nitriles is 1. The lowest BCUT2D eigenvalue weighted by molar-refractivity contribution is -0.145. The molecule has 0 radical (unpaired) electrons. The van der Waals surface area contributed by atoms with Crippen molar-refractivity contribution in [3.05, 3.63) is 70.8 Å². The normalized spacial score (nSPS) is 11.3. The first-order valence-electron chi connectivity index (χ1n) is 7.73. The van der Waals surface area contributed by atoms with E-state index < -0.39 is 29.6 Å². The summed E-state index contributed by atoms with van der Waals surface area (Å²) in [7, 11) is 1.18. The Bertz CT molecular complexity index is 842. The maximum atomic E-state index is 13.2. The number of nitrogens with zero attached hydrogens (tertiary/aromatic N) is 1. The van der Waals surface area contributed by atoms with Crippen molar-refractivity contribution in [2.75, 3.05) is 7.11 Å². The first-order valence-corrected chi connectivity index (χ1v) is 7.73. The van der Waals surface area contributed by atoms with Gasteiger partial charge in [0, 0.05) is 12.5 Å². The van der Waals surface area contributed by atoms with Gasteiger partial charge in [0.15, 0.2) is 0 Å². The number of ether oxygens (including phenoxy) is 1. The molecule has 1 atom stereocenters. The molecule has 0 aliphatic rings. The van der Waals surface area contributed by atoms with Gasteiger partial charge in [-0.1, -0.05) is 18.2 Å². The van der Waals surface area contributed by atoms with E-state index in [0.717, 1.165) is 12.1 Å². The fourth-order valence-corrected chi connectivity index (χ4v) is 2.51. The molecule has 5 nitrogen and oxygen atoms in total. The van der Waals surface area contributed by atoms with Crippen LogP contribution in [0, 0.1) is 23.0 Å². The van der Waals surface area contributed by atoms with Gasteiger partial charge in [-0.2, -0.15) is 5.26 Å². The van der Waals surface area contributed by atoms with Crippen LogP contribution in [-0.4, -0.2) is 25.0 Å². The molecule has 0 bridgehead atoms. The first-order chi connectivity index (χ1) is 12.4. The van der Waals surface area contributed by atoms with E-state index >= 15 is 0 Å². The van der Waals surface area contributed by atoms with E-state index in [0.29, 0.717) is 17.2 Å². The van der Waals surface area contributed by atoms with Crippen molar-refractivity contribution >= 4 is 11.9 Å². The predicted octanol–water partition coefficient (Wildman–Crippen LogP) is 2.28. The van der Waals surface area contributed by atoms with E-state index in [-0.39, 0.29) is 18.4 Å². The highest BCUT2D eigenvalue weighted by Crippen LogP contribution is 2.12. The van der Waals surface area contributed by atoms with Crippen LogP contribution in [0.15, 0.2) is 42.5 Å². The Hall–Kier alpha value is -3.27. The van der Waals surface area contributed by atoms with Gasteiger partial charge in [-0.3, -0.25) is 4.79 Å². The summed E-state index contributed by atoms with van der Waals surface area (Å²) in [5, 5.41) is 11.6. The lowest BCUT2D eigenvalue weighted by atomic mass is 10.0. The number of halogens is 2. The third kappa shape index (κ3) is 5.11. The Labute approximate surface area is 149 Å². The number of esters is 1. The Kier molecular flexibility index (Phi) is 6.39. The van der Waals surface area contributed by atoms with Gasteiger partial charge in [-0.05, 0) is 29.3 Å². The number of hydrogen-bond acceptors (Lipinski definition) is 4. The fraction of sp³-hybridized carbons (Fsp3) is 0.211. The lowest BCUT2D eigenvalue weighted by Gasteiger charge is -2.17. The molecule has 1 amide bonds. The molecule has 0 saturated heterocycles. The minimum Gasteiger partial charge on any atom is -0.467 e. The molecule has 0 aliphatic heterocycles. The van der Waals surface area contributed by atoms with Crippen molar-refractivity contribution in [2.24, 2.45) is 0 Å². The first kappa shape index (κ1) is 19.1. The van der Waals surface area contributed by atoms with Crippen LogP contribution in [0.3, 0.4) is 0 Å². The molecule has 0 spiro atoms. The van der Waals surface area contributed by atoms with E-state index in [1.165, 1.54) is 7.11 Å². The number of nitrogens with one attached hydrogen (secondary N) is 1. The zero-order valence-corrected chi connectivity index (χ0v) is 14.0. The van der Waals surface area contributed by atoms with E-state index in [1.54, 1.807) is 24.3 Å². The lowest BCUT2D eigenvalue weighted by Crippen LogP contribution is -2.43. The highest BCUT2D eigenvalue weighted by Gasteiger charge is 2.23. The number of hydrogen-bond donors (Lipinski definition) is 1. The maximum Gasteiger partial charge on any atom is 0.328 e. The molecule has 26 heavy (non-hydrogen) atoms. The second-order valence-corrected chi connectivity index (χ2v) is 5.57. The molecule has 0 unspecified atom stereocenters. The van der Waals surface area contributed by atoms with Crippen LogP contribution < -0.4 is 5.32 Å². The van der Waals surface area contributed by atoms with Gasteiger partial charge in [0.05, 0.1) is 25.2 Å². The quantitative estimate of drug-likeness (QED) is 0.804. The Balaban J connectivity index is 2.13. The van der Waals surface area contributed by atoms with Crippen LogP contribution in [0.5, 0.6) is 0 Å². The summed E-state index contributed by atoms with van der Waals surface area (Å²) in [6.45, 7) is 0. The number of benzene rings is 2. The van der Waals surface area contributed by atoms with Crippen molar-refractivity contribution in [2.45, 2.75) is 18.9 Å². The molecule has 7 heteroatoms. The molecule has 1 N–H and O–H groups in total. The molecule has 2 rings (SSSR count). The molecule has 0 heterocycles. The molecule has 2 aromatic carbocycles. The topological polar surface area (TPSA) is 79.2 Å². The summed E-state index contributed by atoms with van der Waals surface area (Å²) >= 11 is 0. The number of methoxy groups -OCH3 is 1. The molecule has 0 fully saturated rings. The fourth-order valence-electron chi connectivity index (χ4n) is 2.51.